The Kier molecular flexibility index (Phi) is 4.16. The highest BCUT2D eigenvalue weighted by Crippen LogP contribution is 2.46. The number of hydrogen-bond donors (Lipinski definition) is 0. The van der Waals surface area contributed by atoms with Crippen molar-refractivity contribution in [2.45, 2.75) is 59.2 Å². The van der Waals surface area contributed by atoms with Gasteiger partial charge in [-0.15, -0.1) is 6.58 Å². The molecule has 0 aromatic carbocycles. The van der Waals surface area contributed by atoms with Crippen molar-refractivity contribution in [2.24, 2.45) is 11.3 Å². The van der Waals surface area contributed by atoms with E-state index in [1.54, 1.807) is 0 Å². The zero-order valence-corrected chi connectivity index (χ0v) is 12.1. The molecule has 0 bridgehead atoms. The molecule has 0 saturated heterocycles. The molecule has 1 rings (SSSR count). The van der Waals surface area contributed by atoms with Crippen LogP contribution in [0.5, 0.6) is 0 Å². The molecular weight excluding hydrogens is 228 g/mol. The molecule has 1 aliphatic rings. The predicted octanol–water partition coefficient (Wildman–Crippen LogP) is 2.93. The number of carbonyl (C=O) groups excluding carboxylic acids is 2. The van der Waals surface area contributed by atoms with Gasteiger partial charge in [0.05, 0.1) is 17.1 Å². The van der Waals surface area contributed by atoms with Gasteiger partial charge in [-0.3, -0.25) is 9.59 Å². The van der Waals surface area contributed by atoms with Crippen LogP contribution < -0.4 is 0 Å². The lowest BCUT2D eigenvalue weighted by Gasteiger charge is -2.28. The van der Waals surface area contributed by atoms with Crippen molar-refractivity contribution < 1.29 is 14.3 Å². The van der Waals surface area contributed by atoms with Crippen LogP contribution in [0.2, 0.25) is 0 Å². The van der Waals surface area contributed by atoms with Crippen LogP contribution >= 0.6 is 0 Å². The normalized spacial score (nSPS) is 26.9. The SMILES string of the molecule is C=C[C@H]1CC(C(C)=O)(C(C)=O)C[C@@H]1OC(C)(C)C. The Hall–Kier alpha value is -0.960. The lowest BCUT2D eigenvalue weighted by Crippen LogP contribution is -2.35. The van der Waals surface area contributed by atoms with E-state index in [-0.39, 0.29) is 29.2 Å². The average Bonchev–Trinajstić information content (AvgIpc) is 2.55. The first-order valence-electron chi connectivity index (χ1n) is 6.45. The maximum absolute atomic E-state index is 11.9. The Morgan fingerprint density at radius 3 is 2.06 bits per heavy atom. The summed E-state index contributed by atoms with van der Waals surface area (Å²) in [6.07, 6.45) is 2.72. The van der Waals surface area contributed by atoms with Crippen molar-refractivity contribution in [3.8, 4) is 0 Å². The van der Waals surface area contributed by atoms with Gasteiger partial charge in [0.15, 0.2) is 0 Å². The molecule has 0 amide bonds. The maximum atomic E-state index is 11.9. The zero-order valence-electron chi connectivity index (χ0n) is 12.1. The molecule has 0 aromatic rings. The molecule has 0 unspecified atom stereocenters. The number of hydrogen-bond acceptors (Lipinski definition) is 3. The van der Waals surface area contributed by atoms with E-state index in [0.29, 0.717) is 12.8 Å². The Balaban J connectivity index is 3.00. The van der Waals surface area contributed by atoms with Gasteiger partial charge in [0.25, 0.3) is 0 Å². The minimum Gasteiger partial charge on any atom is -0.372 e. The summed E-state index contributed by atoms with van der Waals surface area (Å²) in [5, 5.41) is 0. The lowest BCUT2D eigenvalue weighted by atomic mass is 9.78. The van der Waals surface area contributed by atoms with Crippen LogP contribution in [0.3, 0.4) is 0 Å². The molecule has 0 heterocycles. The van der Waals surface area contributed by atoms with Crippen molar-refractivity contribution in [2.75, 3.05) is 0 Å². The summed E-state index contributed by atoms with van der Waals surface area (Å²) in [5.41, 5.74) is -1.15. The third-order valence-electron chi connectivity index (χ3n) is 3.77. The highest BCUT2D eigenvalue weighted by Gasteiger charge is 2.51. The molecule has 1 fully saturated rings. The van der Waals surface area contributed by atoms with Crippen LogP contribution in [-0.4, -0.2) is 23.3 Å². The molecule has 2 atom stereocenters. The number of ether oxygens (including phenoxy) is 1. The summed E-state index contributed by atoms with van der Waals surface area (Å²) in [4.78, 5) is 23.7. The van der Waals surface area contributed by atoms with Crippen LogP contribution in [0, 0.1) is 11.3 Å². The molecular formula is C15H24O3. The van der Waals surface area contributed by atoms with Crippen molar-refractivity contribution in [3.05, 3.63) is 12.7 Å². The van der Waals surface area contributed by atoms with Crippen molar-refractivity contribution in [1.29, 1.82) is 0 Å². The van der Waals surface area contributed by atoms with Crippen molar-refractivity contribution >= 4 is 11.6 Å². The first kappa shape index (κ1) is 15.1. The molecule has 102 valence electrons. The fourth-order valence-corrected chi connectivity index (χ4v) is 2.75. The van der Waals surface area contributed by atoms with Crippen LogP contribution in [0.4, 0.5) is 0 Å². The zero-order chi connectivity index (χ0) is 14.1. The monoisotopic (exact) mass is 252 g/mol. The van der Waals surface area contributed by atoms with E-state index < -0.39 is 5.41 Å². The smallest absolute Gasteiger partial charge is 0.143 e. The maximum Gasteiger partial charge on any atom is 0.143 e. The summed E-state index contributed by atoms with van der Waals surface area (Å²) in [5.74, 6) is -0.0410. The van der Waals surface area contributed by atoms with E-state index in [1.165, 1.54) is 13.8 Å². The highest BCUT2D eigenvalue weighted by molar-refractivity contribution is 6.05. The van der Waals surface area contributed by atoms with Crippen molar-refractivity contribution in [1.82, 2.24) is 0 Å². The number of ketones is 2. The Bertz CT molecular complexity index is 348. The Labute approximate surface area is 110 Å². The van der Waals surface area contributed by atoms with Gasteiger partial charge >= 0.3 is 0 Å². The third kappa shape index (κ3) is 2.89. The average molecular weight is 252 g/mol. The van der Waals surface area contributed by atoms with Crippen molar-refractivity contribution in [3.63, 3.8) is 0 Å². The summed E-state index contributed by atoms with van der Waals surface area (Å²) >= 11 is 0. The van der Waals surface area contributed by atoms with Gasteiger partial charge in [0, 0.05) is 5.92 Å². The molecule has 0 spiro atoms. The van der Waals surface area contributed by atoms with Gasteiger partial charge in [-0.05, 0) is 47.5 Å². The molecule has 0 aromatic heterocycles. The Morgan fingerprint density at radius 1 is 1.22 bits per heavy atom. The van der Waals surface area contributed by atoms with E-state index in [4.69, 9.17) is 4.74 Å². The second kappa shape index (κ2) is 4.96. The van der Waals surface area contributed by atoms with Gasteiger partial charge in [-0.1, -0.05) is 6.08 Å². The van der Waals surface area contributed by atoms with E-state index >= 15 is 0 Å². The number of Topliss-reactive ketones (excluding diaryl/α,β-unsaturated/α-hetero) is 2. The van der Waals surface area contributed by atoms with Crippen LogP contribution in [0.1, 0.15) is 47.5 Å². The number of carbonyl (C=O) groups is 2. The van der Waals surface area contributed by atoms with E-state index in [0.717, 1.165) is 0 Å². The molecule has 18 heavy (non-hydrogen) atoms. The number of rotatable bonds is 4. The highest BCUT2D eigenvalue weighted by atomic mass is 16.5. The van der Waals surface area contributed by atoms with Gasteiger partial charge in [-0.25, -0.2) is 0 Å². The van der Waals surface area contributed by atoms with Gasteiger partial charge in [0.1, 0.15) is 11.6 Å². The minimum absolute atomic E-state index is 0.0538. The molecule has 0 N–H and O–H groups in total. The fraction of sp³-hybridized carbons (Fsp3) is 0.733. The van der Waals surface area contributed by atoms with E-state index in [2.05, 4.69) is 6.58 Å². The molecule has 1 saturated carbocycles. The largest absolute Gasteiger partial charge is 0.372 e. The quantitative estimate of drug-likeness (QED) is 0.570. The summed E-state index contributed by atoms with van der Waals surface area (Å²) in [6, 6.07) is 0. The summed E-state index contributed by atoms with van der Waals surface area (Å²) in [7, 11) is 0. The third-order valence-corrected chi connectivity index (χ3v) is 3.77. The fourth-order valence-electron chi connectivity index (χ4n) is 2.75. The first-order chi connectivity index (χ1) is 8.12. The Morgan fingerprint density at radius 2 is 1.72 bits per heavy atom. The molecule has 0 aliphatic heterocycles. The van der Waals surface area contributed by atoms with Crippen LogP contribution in [0.25, 0.3) is 0 Å². The molecule has 0 radical (unpaired) electrons. The van der Waals surface area contributed by atoms with Crippen LogP contribution in [0.15, 0.2) is 12.7 Å². The van der Waals surface area contributed by atoms with Gasteiger partial charge in [-0.2, -0.15) is 0 Å². The summed E-state index contributed by atoms with van der Waals surface area (Å²) in [6.45, 7) is 12.7. The first-order valence-corrected chi connectivity index (χ1v) is 6.45. The second-order valence-corrected chi connectivity index (χ2v) is 6.27. The molecule has 1 aliphatic carbocycles. The second-order valence-electron chi connectivity index (χ2n) is 6.27. The predicted molar refractivity (Wildman–Crippen MR) is 71.3 cm³/mol. The standard InChI is InChI=1S/C15H24O3/c1-7-12-8-15(10(2)16,11(3)17)9-13(12)18-14(4,5)6/h7,12-13H,1,8-9H2,2-6H3/t12-,13-/m0/s1. The summed E-state index contributed by atoms with van der Waals surface area (Å²) < 4.78 is 5.98. The van der Waals surface area contributed by atoms with Gasteiger partial charge in [0.2, 0.25) is 0 Å². The van der Waals surface area contributed by atoms with Crippen LogP contribution in [-0.2, 0) is 14.3 Å². The topological polar surface area (TPSA) is 43.4 Å². The molecule has 3 nitrogen and oxygen atoms in total. The lowest BCUT2D eigenvalue weighted by molar-refractivity contribution is -0.139. The van der Waals surface area contributed by atoms with E-state index in [9.17, 15) is 9.59 Å². The minimum atomic E-state index is -0.866. The van der Waals surface area contributed by atoms with E-state index in [1.807, 2.05) is 26.8 Å². The van der Waals surface area contributed by atoms with Gasteiger partial charge < -0.3 is 4.74 Å². The molecule has 3 heteroatoms.